The van der Waals surface area contributed by atoms with Gasteiger partial charge in [-0.2, -0.15) is 0 Å². The highest BCUT2D eigenvalue weighted by molar-refractivity contribution is 7.26. The SMILES string of the molecule is c1ccc2cc(-c3ccc(-c4cccc5c4oc4cccc(-c6nc(-c7cc8ccccc8c8ccccc78)c7sc8ccccc8c7n6)c45)cc3)ccc2c1. The quantitative estimate of drug-likeness (QED) is 0.169. The van der Waals surface area contributed by atoms with Crippen molar-refractivity contribution in [2.75, 3.05) is 0 Å². The maximum absolute atomic E-state index is 6.77. The monoisotopic (exact) mass is 730 g/mol. The van der Waals surface area contributed by atoms with Gasteiger partial charge >= 0.3 is 0 Å². The van der Waals surface area contributed by atoms with Gasteiger partial charge in [0.2, 0.25) is 0 Å². The third-order valence-corrected chi connectivity index (χ3v) is 12.5. The molecule has 4 heteroatoms. The van der Waals surface area contributed by atoms with Crippen molar-refractivity contribution in [1.82, 2.24) is 9.97 Å². The molecule has 0 N–H and O–H groups in total. The third kappa shape index (κ3) is 4.76. The second kappa shape index (κ2) is 12.2. The Morgan fingerprint density at radius 2 is 1.07 bits per heavy atom. The van der Waals surface area contributed by atoms with Crippen molar-refractivity contribution in [3.8, 4) is 44.9 Å². The van der Waals surface area contributed by atoms with Crippen LogP contribution in [-0.4, -0.2) is 9.97 Å². The van der Waals surface area contributed by atoms with Gasteiger partial charge in [-0.25, -0.2) is 9.97 Å². The summed E-state index contributed by atoms with van der Waals surface area (Å²) in [5.74, 6) is 0.687. The van der Waals surface area contributed by atoms with Crippen LogP contribution in [0.15, 0.2) is 186 Å². The fraction of sp³-hybridized carbons (Fsp3) is 0. The zero-order valence-corrected chi connectivity index (χ0v) is 30.8. The lowest BCUT2D eigenvalue weighted by Crippen LogP contribution is -1.95. The van der Waals surface area contributed by atoms with Gasteiger partial charge in [-0.15, -0.1) is 11.3 Å². The lowest BCUT2D eigenvalue weighted by Gasteiger charge is -2.13. The Labute approximate surface area is 325 Å². The summed E-state index contributed by atoms with van der Waals surface area (Å²) >= 11 is 1.76. The van der Waals surface area contributed by atoms with E-state index in [-0.39, 0.29) is 0 Å². The fourth-order valence-electron chi connectivity index (χ4n) is 8.62. The average Bonchev–Trinajstić information content (AvgIpc) is 3.85. The Kier molecular flexibility index (Phi) is 6.80. The first kappa shape index (κ1) is 31.2. The van der Waals surface area contributed by atoms with Crippen LogP contribution in [0.4, 0.5) is 0 Å². The first-order valence-corrected chi connectivity index (χ1v) is 19.7. The largest absolute Gasteiger partial charge is 0.455 e. The first-order valence-electron chi connectivity index (χ1n) is 18.9. The number of nitrogens with zero attached hydrogens (tertiary/aromatic N) is 2. The van der Waals surface area contributed by atoms with Gasteiger partial charge in [-0.1, -0.05) is 158 Å². The van der Waals surface area contributed by atoms with Crippen molar-refractivity contribution in [2.24, 2.45) is 0 Å². The molecular formula is C52H30N2OS. The fourth-order valence-corrected chi connectivity index (χ4v) is 9.76. The topological polar surface area (TPSA) is 38.9 Å². The van der Waals surface area contributed by atoms with Crippen LogP contribution in [0.1, 0.15) is 0 Å². The van der Waals surface area contributed by atoms with Gasteiger partial charge in [-0.3, -0.25) is 0 Å². The molecule has 0 bridgehead atoms. The Bertz CT molecular complexity index is 3540. The molecule has 0 aliphatic heterocycles. The Balaban J connectivity index is 1.06. The molecule has 0 aliphatic carbocycles. The Morgan fingerprint density at radius 1 is 0.411 bits per heavy atom. The highest BCUT2D eigenvalue weighted by atomic mass is 32.1. The van der Waals surface area contributed by atoms with Gasteiger partial charge in [0.1, 0.15) is 11.2 Å². The van der Waals surface area contributed by atoms with E-state index in [4.69, 9.17) is 14.4 Å². The molecule has 3 aromatic heterocycles. The number of hydrogen-bond acceptors (Lipinski definition) is 4. The Hall–Kier alpha value is -7.14. The summed E-state index contributed by atoms with van der Waals surface area (Å²) in [4.78, 5) is 10.9. The summed E-state index contributed by atoms with van der Waals surface area (Å²) < 4.78 is 9.06. The molecule has 9 aromatic carbocycles. The van der Waals surface area contributed by atoms with Crippen LogP contribution in [0.5, 0.6) is 0 Å². The van der Waals surface area contributed by atoms with E-state index in [1.165, 1.54) is 48.1 Å². The van der Waals surface area contributed by atoms with Gasteiger partial charge in [0.05, 0.1) is 15.9 Å². The predicted octanol–water partition coefficient (Wildman–Crippen LogP) is 14.9. The van der Waals surface area contributed by atoms with Crippen molar-refractivity contribution in [2.45, 2.75) is 0 Å². The zero-order valence-electron chi connectivity index (χ0n) is 30.0. The molecule has 56 heavy (non-hydrogen) atoms. The molecule has 0 aliphatic rings. The smallest absolute Gasteiger partial charge is 0.161 e. The number of hydrogen-bond donors (Lipinski definition) is 0. The molecule has 0 spiro atoms. The normalized spacial score (nSPS) is 11.9. The zero-order chi connectivity index (χ0) is 36.7. The third-order valence-electron chi connectivity index (χ3n) is 11.3. The molecule has 0 fully saturated rings. The van der Waals surface area contributed by atoms with Crippen molar-refractivity contribution >= 4 is 85.9 Å². The van der Waals surface area contributed by atoms with Crippen molar-refractivity contribution in [1.29, 1.82) is 0 Å². The van der Waals surface area contributed by atoms with Crippen LogP contribution in [0.3, 0.4) is 0 Å². The summed E-state index contributed by atoms with van der Waals surface area (Å²) in [6.45, 7) is 0. The number of fused-ring (bicyclic) bond motifs is 10. The molecule has 0 saturated heterocycles. The van der Waals surface area contributed by atoms with Crippen LogP contribution >= 0.6 is 11.3 Å². The van der Waals surface area contributed by atoms with Crippen molar-refractivity contribution in [3.63, 3.8) is 0 Å². The highest BCUT2D eigenvalue weighted by Gasteiger charge is 2.22. The van der Waals surface area contributed by atoms with E-state index in [1.807, 2.05) is 0 Å². The van der Waals surface area contributed by atoms with E-state index < -0.39 is 0 Å². The van der Waals surface area contributed by atoms with E-state index in [2.05, 4.69) is 182 Å². The molecular weight excluding hydrogens is 701 g/mol. The number of furan rings is 1. The second-order valence-corrected chi connectivity index (χ2v) is 15.5. The lowest BCUT2D eigenvalue weighted by molar-refractivity contribution is 0.670. The number of thiophene rings is 1. The minimum atomic E-state index is 0.687. The molecule has 12 rings (SSSR count). The number of rotatable bonds is 4. The van der Waals surface area contributed by atoms with E-state index in [0.29, 0.717) is 5.82 Å². The maximum atomic E-state index is 6.77. The van der Waals surface area contributed by atoms with E-state index in [1.54, 1.807) is 11.3 Å². The van der Waals surface area contributed by atoms with E-state index >= 15 is 0 Å². The molecule has 260 valence electrons. The molecule has 12 aromatic rings. The summed E-state index contributed by atoms with van der Waals surface area (Å²) in [6, 6.07) is 64.9. The van der Waals surface area contributed by atoms with Gasteiger partial charge in [0.15, 0.2) is 5.82 Å². The molecule has 0 radical (unpaired) electrons. The van der Waals surface area contributed by atoms with Gasteiger partial charge < -0.3 is 4.42 Å². The van der Waals surface area contributed by atoms with Gasteiger partial charge in [0, 0.05) is 37.5 Å². The number of aromatic nitrogens is 2. The van der Waals surface area contributed by atoms with E-state index in [9.17, 15) is 0 Å². The second-order valence-electron chi connectivity index (χ2n) is 14.5. The molecule has 3 nitrogen and oxygen atoms in total. The summed E-state index contributed by atoms with van der Waals surface area (Å²) in [5, 5.41) is 10.5. The first-order chi connectivity index (χ1) is 27.7. The molecule has 0 unspecified atom stereocenters. The summed E-state index contributed by atoms with van der Waals surface area (Å²) in [7, 11) is 0. The number of benzene rings is 9. The van der Waals surface area contributed by atoms with E-state index in [0.717, 1.165) is 65.5 Å². The maximum Gasteiger partial charge on any atom is 0.161 e. The molecule has 0 saturated carbocycles. The molecule has 3 heterocycles. The van der Waals surface area contributed by atoms with Crippen LogP contribution in [0, 0.1) is 0 Å². The minimum Gasteiger partial charge on any atom is -0.455 e. The van der Waals surface area contributed by atoms with Gasteiger partial charge in [-0.05, 0) is 73.3 Å². The minimum absolute atomic E-state index is 0.687. The van der Waals surface area contributed by atoms with Crippen molar-refractivity contribution < 1.29 is 4.42 Å². The van der Waals surface area contributed by atoms with Crippen molar-refractivity contribution in [3.05, 3.63) is 182 Å². The van der Waals surface area contributed by atoms with Gasteiger partial charge in [0.25, 0.3) is 0 Å². The summed E-state index contributed by atoms with van der Waals surface area (Å²) in [6.07, 6.45) is 0. The van der Waals surface area contributed by atoms with Crippen LogP contribution in [0.25, 0.3) is 119 Å². The Morgan fingerprint density at radius 3 is 1.95 bits per heavy atom. The molecule has 0 amide bonds. The lowest BCUT2D eigenvalue weighted by atomic mass is 9.95. The van der Waals surface area contributed by atoms with Crippen LogP contribution in [-0.2, 0) is 0 Å². The van der Waals surface area contributed by atoms with Crippen LogP contribution in [0.2, 0.25) is 0 Å². The average molecular weight is 731 g/mol. The standard InChI is InChI=1S/C52H30N2OS/c1-2-12-34-29-35(28-25-31(34)11-1)32-23-26-33(27-24-32)38-18-9-19-42-47-43(20-10-21-45(47)55-50(38)42)52-53-48-41-17-7-8-22-46(41)56-51(48)49(54-52)44-30-36-13-3-4-14-37(36)39-15-5-6-16-40(39)44/h1-30H. The molecule has 0 atom stereocenters. The predicted molar refractivity (Wildman–Crippen MR) is 236 cm³/mol. The number of para-hydroxylation sites is 1. The summed E-state index contributed by atoms with van der Waals surface area (Å²) in [5.41, 5.74) is 10.2. The highest BCUT2D eigenvalue weighted by Crippen LogP contribution is 2.45. The van der Waals surface area contributed by atoms with Crippen LogP contribution < -0.4 is 0 Å².